The van der Waals surface area contributed by atoms with Crippen molar-refractivity contribution >= 4 is 28.6 Å². The summed E-state index contributed by atoms with van der Waals surface area (Å²) in [6.07, 6.45) is 6.91. The monoisotopic (exact) mass is 506 g/mol. The van der Waals surface area contributed by atoms with Crippen molar-refractivity contribution in [3.63, 3.8) is 0 Å². The summed E-state index contributed by atoms with van der Waals surface area (Å²) < 4.78 is 20.0. The second-order valence-corrected chi connectivity index (χ2v) is 10.4. The van der Waals surface area contributed by atoms with Crippen molar-refractivity contribution in [1.29, 1.82) is 0 Å². The molecule has 2 unspecified atom stereocenters. The second-order valence-electron chi connectivity index (χ2n) is 10.4. The van der Waals surface area contributed by atoms with Gasteiger partial charge in [0, 0.05) is 37.2 Å². The van der Waals surface area contributed by atoms with Crippen LogP contribution in [-0.2, 0) is 14.2 Å². The fraction of sp³-hybridized carbons (Fsp3) is 0.538. The summed E-state index contributed by atoms with van der Waals surface area (Å²) in [4.78, 5) is 23.4. The predicted octanol–water partition coefficient (Wildman–Crippen LogP) is 3.81. The lowest BCUT2D eigenvalue weighted by Crippen LogP contribution is -2.43. The van der Waals surface area contributed by atoms with E-state index in [4.69, 9.17) is 34.4 Å². The topological polar surface area (TPSA) is 124 Å². The number of rotatable bonds is 4. The van der Waals surface area contributed by atoms with Crippen molar-refractivity contribution in [2.45, 2.75) is 62.6 Å². The SMILES string of the molecule is O=C(O)Nc1ccc(-c2nc(N3CC4CCC(C3)O4)c3cnn(C4CCC5(CC4)OCCO5)c3n2)cc1. The fourth-order valence-electron chi connectivity index (χ4n) is 6.23. The number of hydrogen-bond acceptors (Lipinski definition) is 8. The fourth-order valence-corrected chi connectivity index (χ4v) is 6.23. The first-order valence-electron chi connectivity index (χ1n) is 13.1. The van der Waals surface area contributed by atoms with Crippen LogP contribution in [0.2, 0.25) is 0 Å². The molecule has 3 aromatic rings. The minimum absolute atomic E-state index is 0.203. The van der Waals surface area contributed by atoms with Gasteiger partial charge < -0.3 is 24.2 Å². The maximum Gasteiger partial charge on any atom is 0.409 e. The summed E-state index contributed by atoms with van der Waals surface area (Å²) >= 11 is 0. The Morgan fingerprint density at radius 2 is 1.70 bits per heavy atom. The lowest BCUT2D eigenvalue weighted by Gasteiger charge is -2.35. The molecule has 37 heavy (non-hydrogen) atoms. The van der Waals surface area contributed by atoms with E-state index in [0.29, 0.717) is 24.7 Å². The third kappa shape index (κ3) is 4.20. The Labute approximate surface area is 213 Å². The van der Waals surface area contributed by atoms with Crippen LogP contribution in [0.3, 0.4) is 0 Å². The first kappa shape index (κ1) is 22.9. The highest BCUT2D eigenvalue weighted by Crippen LogP contribution is 2.42. The molecule has 194 valence electrons. The van der Waals surface area contributed by atoms with Gasteiger partial charge >= 0.3 is 6.09 Å². The smallest absolute Gasteiger partial charge is 0.409 e. The van der Waals surface area contributed by atoms with E-state index in [0.717, 1.165) is 74.0 Å². The zero-order valence-corrected chi connectivity index (χ0v) is 20.5. The van der Waals surface area contributed by atoms with Crippen molar-refractivity contribution in [3.8, 4) is 11.4 Å². The Kier molecular flexibility index (Phi) is 5.52. The van der Waals surface area contributed by atoms with Crippen LogP contribution in [0.25, 0.3) is 22.4 Å². The summed E-state index contributed by atoms with van der Waals surface area (Å²) in [5, 5.41) is 17.2. The van der Waals surface area contributed by atoms with Gasteiger partial charge in [-0.05, 0) is 49.9 Å². The molecule has 11 nitrogen and oxygen atoms in total. The average Bonchev–Trinajstić information content (AvgIpc) is 3.63. The number of carboxylic acid groups (broad SMARTS) is 1. The van der Waals surface area contributed by atoms with E-state index in [1.54, 1.807) is 12.1 Å². The first-order valence-corrected chi connectivity index (χ1v) is 13.1. The molecule has 1 aliphatic carbocycles. The number of anilines is 2. The molecule has 3 aliphatic heterocycles. The molecule has 2 N–H and O–H groups in total. The van der Waals surface area contributed by atoms with E-state index in [9.17, 15) is 4.79 Å². The third-order valence-corrected chi connectivity index (χ3v) is 8.05. The summed E-state index contributed by atoms with van der Waals surface area (Å²) in [7, 11) is 0. The third-order valence-electron chi connectivity index (χ3n) is 8.05. The number of nitrogens with one attached hydrogen (secondary N) is 1. The van der Waals surface area contributed by atoms with Crippen LogP contribution in [0, 0.1) is 0 Å². The highest BCUT2D eigenvalue weighted by molar-refractivity contribution is 5.89. The van der Waals surface area contributed by atoms with Crippen LogP contribution in [0.15, 0.2) is 30.5 Å². The number of carbonyl (C=O) groups is 1. The molecule has 4 fully saturated rings. The van der Waals surface area contributed by atoms with E-state index >= 15 is 0 Å². The summed E-state index contributed by atoms with van der Waals surface area (Å²) in [5.41, 5.74) is 2.14. The number of amides is 1. The molecule has 5 heterocycles. The Morgan fingerprint density at radius 1 is 1.00 bits per heavy atom. The molecular weight excluding hydrogens is 476 g/mol. The van der Waals surface area contributed by atoms with Gasteiger partial charge in [0.25, 0.3) is 0 Å². The minimum Gasteiger partial charge on any atom is -0.465 e. The van der Waals surface area contributed by atoms with E-state index < -0.39 is 11.9 Å². The maximum absolute atomic E-state index is 11.0. The number of benzene rings is 1. The molecule has 2 aromatic heterocycles. The minimum atomic E-state index is -1.10. The highest BCUT2D eigenvalue weighted by Gasteiger charge is 2.41. The standard InChI is InChI=1S/C26H30N6O5/c33-25(34)28-17-3-1-16(2-4-17)22-29-23(31-14-19-5-6-20(15-31)37-19)21-13-27-32(24(21)30-22)18-7-9-26(10-8-18)35-11-12-36-26/h1-4,13,18-20,28H,5-12,14-15H2,(H,33,34). The van der Waals surface area contributed by atoms with E-state index in [2.05, 4.69) is 14.9 Å². The van der Waals surface area contributed by atoms with Gasteiger partial charge in [-0.3, -0.25) is 5.32 Å². The molecule has 1 amide bonds. The molecule has 1 saturated carbocycles. The van der Waals surface area contributed by atoms with Crippen molar-refractivity contribution < 1.29 is 24.1 Å². The largest absolute Gasteiger partial charge is 0.465 e. The molecule has 0 radical (unpaired) electrons. The molecule has 2 atom stereocenters. The number of aromatic nitrogens is 4. The Hall–Kier alpha value is -3.28. The average molecular weight is 507 g/mol. The number of fused-ring (bicyclic) bond motifs is 3. The van der Waals surface area contributed by atoms with Gasteiger partial charge in [0.15, 0.2) is 17.3 Å². The van der Waals surface area contributed by atoms with Crippen molar-refractivity contribution in [1.82, 2.24) is 19.7 Å². The van der Waals surface area contributed by atoms with Gasteiger partial charge in [0.05, 0.1) is 43.0 Å². The van der Waals surface area contributed by atoms with Crippen LogP contribution < -0.4 is 10.2 Å². The molecule has 4 aliphatic rings. The number of ether oxygens (including phenoxy) is 3. The number of morpholine rings is 1. The van der Waals surface area contributed by atoms with Gasteiger partial charge in [0.1, 0.15) is 5.82 Å². The lowest BCUT2D eigenvalue weighted by atomic mass is 9.90. The molecule has 2 bridgehead atoms. The maximum atomic E-state index is 11.0. The highest BCUT2D eigenvalue weighted by atomic mass is 16.7. The predicted molar refractivity (Wildman–Crippen MR) is 135 cm³/mol. The molecule has 1 aromatic carbocycles. The molecule has 3 saturated heterocycles. The van der Waals surface area contributed by atoms with Crippen LogP contribution >= 0.6 is 0 Å². The molecule has 11 heteroatoms. The van der Waals surface area contributed by atoms with E-state index in [1.165, 1.54) is 0 Å². The van der Waals surface area contributed by atoms with Crippen LogP contribution in [0.4, 0.5) is 16.3 Å². The molecule has 1 spiro atoms. The van der Waals surface area contributed by atoms with Crippen LogP contribution in [-0.4, -0.2) is 75.2 Å². The Balaban J connectivity index is 1.27. The van der Waals surface area contributed by atoms with E-state index in [-0.39, 0.29) is 18.2 Å². The van der Waals surface area contributed by atoms with Gasteiger partial charge in [-0.25, -0.2) is 19.4 Å². The van der Waals surface area contributed by atoms with E-state index in [1.807, 2.05) is 18.3 Å². The van der Waals surface area contributed by atoms with Gasteiger partial charge in [0.2, 0.25) is 0 Å². The van der Waals surface area contributed by atoms with Crippen LogP contribution in [0.1, 0.15) is 44.6 Å². The Morgan fingerprint density at radius 3 is 2.38 bits per heavy atom. The number of hydrogen-bond donors (Lipinski definition) is 2. The molecule has 7 rings (SSSR count). The van der Waals surface area contributed by atoms with Crippen molar-refractivity contribution in [2.24, 2.45) is 0 Å². The summed E-state index contributed by atoms with van der Waals surface area (Å²) in [6.45, 7) is 2.93. The normalized spacial score (nSPS) is 25.2. The second kappa shape index (κ2) is 8.93. The van der Waals surface area contributed by atoms with Gasteiger partial charge in [-0.1, -0.05) is 0 Å². The zero-order valence-electron chi connectivity index (χ0n) is 20.5. The van der Waals surface area contributed by atoms with Crippen molar-refractivity contribution in [3.05, 3.63) is 30.5 Å². The lowest BCUT2D eigenvalue weighted by molar-refractivity contribution is -0.181. The first-order chi connectivity index (χ1) is 18.1. The quantitative estimate of drug-likeness (QED) is 0.544. The summed E-state index contributed by atoms with van der Waals surface area (Å²) in [5.74, 6) is 1.05. The Bertz CT molecular complexity index is 1300. The number of nitrogens with zero attached hydrogens (tertiary/aromatic N) is 5. The van der Waals surface area contributed by atoms with Crippen molar-refractivity contribution in [2.75, 3.05) is 36.5 Å². The zero-order chi connectivity index (χ0) is 25.0. The van der Waals surface area contributed by atoms with Gasteiger partial charge in [-0.2, -0.15) is 5.10 Å². The van der Waals surface area contributed by atoms with Crippen LogP contribution in [0.5, 0.6) is 0 Å². The van der Waals surface area contributed by atoms with Gasteiger partial charge in [-0.15, -0.1) is 0 Å². The molecular formula is C26H30N6O5. The summed E-state index contributed by atoms with van der Waals surface area (Å²) in [6, 6.07) is 7.35.